The van der Waals surface area contributed by atoms with Crippen LogP contribution < -0.4 is 10.1 Å². The van der Waals surface area contributed by atoms with Crippen LogP contribution in [0.15, 0.2) is 29.2 Å². The Morgan fingerprint density at radius 2 is 1.79 bits per heavy atom. The third-order valence-electron chi connectivity index (χ3n) is 3.10. The quantitative estimate of drug-likeness (QED) is 0.541. The Bertz CT molecular complexity index is 337. The van der Waals surface area contributed by atoms with Crippen LogP contribution in [0.25, 0.3) is 0 Å². The number of hydrogen-bond acceptors (Lipinski definition) is 3. The van der Waals surface area contributed by atoms with E-state index in [-0.39, 0.29) is 0 Å². The van der Waals surface area contributed by atoms with Crippen LogP contribution in [0.5, 0.6) is 5.75 Å². The van der Waals surface area contributed by atoms with Gasteiger partial charge in [0, 0.05) is 23.2 Å². The van der Waals surface area contributed by atoms with Gasteiger partial charge in [0.25, 0.3) is 0 Å². The highest BCUT2D eigenvalue weighted by atomic mass is 32.2. The standard InChI is InChI=1S/C16H27NOS/c1-13(2)5-6-14(3)17-11-12-19-16-9-7-15(18-4)8-10-16/h7-10,13-14,17H,5-6,11-12H2,1-4H3. The Kier molecular flexibility index (Phi) is 7.99. The minimum Gasteiger partial charge on any atom is -0.497 e. The molecule has 1 aromatic carbocycles. The van der Waals surface area contributed by atoms with Crippen molar-refractivity contribution in [3.05, 3.63) is 24.3 Å². The van der Waals surface area contributed by atoms with Gasteiger partial charge in [-0.2, -0.15) is 0 Å². The lowest BCUT2D eigenvalue weighted by molar-refractivity contribution is 0.414. The first kappa shape index (κ1) is 16.4. The summed E-state index contributed by atoms with van der Waals surface area (Å²) >= 11 is 1.89. The largest absolute Gasteiger partial charge is 0.497 e. The minimum atomic E-state index is 0.624. The molecule has 0 heterocycles. The van der Waals surface area contributed by atoms with Crippen molar-refractivity contribution < 1.29 is 4.74 Å². The first-order valence-electron chi connectivity index (χ1n) is 7.12. The molecular formula is C16H27NOS. The van der Waals surface area contributed by atoms with Gasteiger partial charge in [0.15, 0.2) is 0 Å². The van der Waals surface area contributed by atoms with Gasteiger partial charge in [-0.15, -0.1) is 11.8 Å². The fraction of sp³-hybridized carbons (Fsp3) is 0.625. The zero-order valence-electron chi connectivity index (χ0n) is 12.6. The molecule has 0 aliphatic carbocycles. The minimum absolute atomic E-state index is 0.624. The number of nitrogens with one attached hydrogen (secondary N) is 1. The predicted octanol–water partition coefficient (Wildman–Crippen LogP) is 4.20. The Labute approximate surface area is 122 Å². The normalized spacial score (nSPS) is 12.7. The van der Waals surface area contributed by atoms with Crippen LogP contribution in [-0.2, 0) is 0 Å². The van der Waals surface area contributed by atoms with E-state index >= 15 is 0 Å². The SMILES string of the molecule is COc1ccc(SCCNC(C)CCC(C)C)cc1. The molecule has 0 saturated carbocycles. The van der Waals surface area contributed by atoms with Gasteiger partial charge < -0.3 is 10.1 Å². The third-order valence-corrected chi connectivity index (χ3v) is 4.11. The predicted molar refractivity (Wildman–Crippen MR) is 85.3 cm³/mol. The van der Waals surface area contributed by atoms with E-state index in [2.05, 4.69) is 38.2 Å². The maximum absolute atomic E-state index is 5.15. The van der Waals surface area contributed by atoms with Gasteiger partial charge in [-0.1, -0.05) is 13.8 Å². The second-order valence-electron chi connectivity index (χ2n) is 5.35. The first-order chi connectivity index (χ1) is 9.11. The summed E-state index contributed by atoms with van der Waals surface area (Å²) in [6.45, 7) is 7.91. The molecule has 0 radical (unpaired) electrons. The van der Waals surface area contributed by atoms with E-state index in [4.69, 9.17) is 4.74 Å². The maximum atomic E-state index is 5.15. The summed E-state index contributed by atoms with van der Waals surface area (Å²) in [4.78, 5) is 1.30. The summed E-state index contributed by atoms with van der Waals surface area (Å²) in [5, 5.41) is 3.59. The van der Waals surface area contributed by atoms with Crippen molar-refractivity contribution in [2.45, 2.75) is 44.6 Å². The van der Waals surface area contributed by atoms with Crippen molar-refractivity contribution in [2.24, 2.45) is 5.92 Å². The van der Waals surface area contributed by atoms with E-state index in [0.717, 1.165) is 24.0 Å². The summed E-state index contributed by atoms with van der Waals surface area (Å²) in [5.74, 6) is 2.83. The van der Waals surface area contributed by atoms with Crippen LogP contribution in [0.1, 0.15) is 33.6 Å². The number of ether oxygens (including phenoxy) is 1. The van der Waals surface area contributed by atoms with Gasteiger partial charge in [-0.25, -0.2) is 0 Å². The van der Waals surface area contributed by atoms with E-state index in [1.807, 2.05) is 23.9 Å². The van der Waals surface area contributed by atoms with Crippen LogP contribution >= 0.6 is 11.8 Å². The number of rotatable bonds is 9. The molecule has 0 fully saturated rings. The number of methoxy groups -OCH3 is 1. The molecule has 19 heavy (non-hydrogen) atoms. The van der Waals surface area contributed by atoms with Crippen LogP contribution in [0.4, 0.5) is 0 Å². The highest BCUT2D eigenvalue weighted by Gasteiger charge is 2.03. The first-order valence-corrected chi connectivity index (χ1v) is 8.10. The Hall–Kier alpha value is -0.670. The molecule has 1 unspecified atom stereocenters. The Morgan fingerprint density at radius 3 is 2.37 bits per heavy atom. The van der Waals surface area contributed by atoms with Crippen molar-refractivity contribution in [1.29, 1.82) is 0 Å². The monoisotopic (exact) mass is 281 g/mol. The summed E-state index contributed by atoms with van der Waals surface area (Å²) in [6, 6.07) is 8.89. The number of benzene rings is 1. The molecule has 1 atom stereocenters. The van der Waals surface area contributed by atoms with E-state index in [1.54, 1.807) is 7.11 Å². The molecule has 1 aromatic rings. The molecule has 0 aliphatic heterocycles. The second-order valence-corrected chi connectivity index (χ2v) is 6.52. The summed E-state index contributed by atoms with van der Waals surface area (Å²) in [6.07, 6.45) is 2.57. The molecule has 1 N–H and O–H groups in total. The number of thioether (sulfide) groups is 1. The highest BCUT2D eigenvalue weighted by molar-refractivity contribution is 7.99. The van der Waals surface area contributed by atoms with Crippen molar-refractivity contribution in [2.75, 3.05) is 19.4 Å². The van der Waals surface area contributed by atoms with Gasteiger partial charge in [-0.3, -0.25) is 0 Å². The van der Waals surface area contributed by atoms with Crippen molar-refractivity contribution in [3.8, 4) is 5.75 Å². The van der Waals surface area contributed by atoms with Gasteiger partial charge in [0.05, 0.1) is 7.11 Å². The number of hydrogen-bond donors (Lipinski definition) is 1. The van der Waals surface area contributed by atoms with Gasteiger partial charge >= 0.3 is 0 Å². The molecule has 108 valence electrons. The van der Waals surface area contributed by atoms with E-state index in [1.165, 1.54) is 17.7 Å². The third kappa shape index (κ3) is 7.48. The molecule has 0 saturated heterocycles. The van der Waals surface area contributed by atoms with Gasteiger partial charge in [-0.05, 0) is 49.9 Å². The van der Waals surface area contributed by atoms with Gasteiger partial charge in [0.2, 0.25) is 0 Å². The van der Waals surface area contributed by atoms with Crippen LogP contribution in [0.2, 0.25) is 0 Å². The Morgan fingerprint density at radius 1 is 1.11 bits per heavy atom. The smallest absolute Gasteiger partial charge is 0.118 e. The molecule has 0 amide bonds. The van der Waals surface area contributed by atoms with Gasteiger partial charge in [0.1, 0.15) is 5.75 Å². The maximum Gasteiger partial charge on any atom is 0.118 e. The highest BCUT2D eigenvalue weighted by Crippen LogP contribution is 2.20. The molecule has 0 bridgehead atoms. The average molecular weight is 281 g/mol. The van der Waals surface area contributed by atoms with Crippen LogP contribution in [-0.4, -0.2) is 25.4 Å². The molecule has 1 rings (SSSR count). The molecule has 2 nitrogen and oxygen atoms in total. The lowest BCUT2D eigenvalue weighted by Gasteiger charge is -2.14. The summed E-state index contributed by atoms with van der Waals surface area (Å²) < 4.78 is 5.15. The van der Waals surface area contributed by atoms with Crippen molar-refractivity contribution in [3.63, 3.8) is 0 Å². The Balaban J connectivity index is 2.12. The van der Waals surface area contributed by atoms with E-state index in [9.17, 15) is 0 Å². The van der Waals surface area contributed by atoms with E-state index in [0.29, 0.717) is 6.04 Å². The average Bonchev–Trinajstić information content (AvgIpc) is 2.42. The molecular weight excluding hydrogens is 254 g/mol. The van der Waals surface area contributed by atoms with Crippen molar-refractivity contribution in [1.82, 2.24) is 5.32 Å². The van der Waals surface area contributed by atoms with Crippen LogP contribution in [0.3, 0.4) is 0 Å². The summed E-state index contributed by atoms with van der Waals surface area (Å²) in [7, 11) is 1.70. The second kappa shape index (κ2) is 9.27. The van der Waals surface area contributed by atoms with E-state index < -0.39 is 0 Å². The molecule has 0 aliphatic rings. The molecule has 0 aromatic heterocycles. The molecule has 0 spiro atoms. The van der Waals surface area contributed by atoms with Crippen molar-refractivity contribution >= 4 is 11.8 Å². The molecule has 3 heteroatoms. The lowest BCUT2D eigenvalue weighted by atomic mass is 10.0. The zero-order chi connectivity index (χ0) is 14.1. The topological polar surface area (TPSA) is 21.3 Å². The fourth-order valence-electron chi connectivity index (χ4n) is 1.83. The summed E-state index contributed by atoms with van der Waals surface area (Å²) in [5.41, 5.74) is 0. The fourth-order valence-corrected chi connectivity index (χ4v) is 2.62. The zero-order valence-corrected chi connectivity index (χ0v) is 13.4. The van der Waals surface area contributed by atoms with Crippen LogP contribution in [0, 0.1) is 5.92 Å². The lowest BCUT2D eigenvalue weighted by Crippen LogP contribution is -2.28.